The molecule has 0 saturated carbocycles. The number of carbonyl (C=O) groups excluding carboxylic acids is 1. The van der Waals surface area contributed by atoms with Crippen LogP contribution in [0.2, 0.25) is 0 Å². The van der Waals surface area contributed by atoms with E-state index in [1.165, 1.54) is 11.1 Å². The van der Waals surface area contributed by atoms with E-state index in [-0.39, 0.29) is 5.78 Å². The van der Waals surface area contributed by atoms with E-state index < -0.39 is 0 Å². The number of nitrogens with zero attached hydrogens (tertiary/aromatic N) is 1. The molecule has 0 radical (unpaired) electrons. The summed E-state index contributed by atoms with van der Waals surface area (Å²) < 4.78 is 0. The number of aliphatic imine (C=N–C) groups is 1. The van der Waals surface area contributed by atoms with Gasteiger partial charge in [0.2, 0.25) is 0 Å². The fourth-order valence-electron chi connectivity index (χ4n) is 2.07. The molecule has 0 amide bonds. The lowest BCUT2D eigenvalue weighted by Crippen LogP contribution is -2.22. The molecular weight excluding hydrogens is 212 g/mol. The highest BCUT2D eigenvalue weighted by atomic mass is 16.1. The third-order valence-corrected chi connectivity index (χ3v) is 3.43. The Morgan fingerprint density at radius 3 is 2.71 bits per heavy atom. The van der Waals surface area contributed by atoms with E-state index in [0.29, 0.717) is 6.42 Å². The first-order chi connectivity index (χ1) is 8.09. The van der Waals surface area contributed by atoms with E-state index in [9.17, 15) is 4.79 Å². The first kappa shape index (κ1) is 11.8. The van der Waals surface area contributed by atoms with Crippen LogP contribution in [0.25, 0.3) is 0 Å². The van der Waals surface area contributed by atoms with Gasteiger partial charge in [-0.15, -0.1) is 0 Å². The van der Waals surface area contributed by atoms with Gasteiger partial charge in [-0.1, -0.05) is 12.1 Å². The molecule has 0 spiro atoms. The van der Waals surface area contributed by atoms with Crippen molar-refractivity contribution in [3.05, 3.63) is 34.4 Å². The summed E-state index contributed by atoms with van der Waals surface area (Å²) in [7, 11) is 0. The lowest BCUT2D eigenvalue weighted by atomic mass is 9.95. The Hall–Kier alpha value is -1.64. The molecule has 0 aliphatic carbocycles. The van der Waals surface area contributed by atoms with Gasteiger partial charge in [0.1, 0.15) is 5.84 Å². The van der Waals surface area contributed by atoms with Crippen LogP contribution in [0.3, 0.4) is 0 Å². The van der Waals surface area contributed by atoms with Crippen molar-refractivity contribution in [3.8, 4) is 0 Å². The number of benzene rings is 1. The summed E-state index contributed by atoms with van der Waals surface area (Å²) >= 11 is 0. The fraction of sp³-hybridized carbons (Fsp3) is 0.429. The van der Waals surface area contributed by atoms with Crippen molar-refractivity contribution in [2.45, 2.75) is 27.2 Å². The van der Waals surface area contributed by atoms with Crippen LogP contribution in [0, 0.1) is 20.8 Å². The zero-order chi connectivity index (χ0) is 12.4. The third-order valence-electron chi connectivity index (χ3n) is 3.43. The standard InChI is InChI=1S/C14H18N2O/c1-9-4-5-12(11(3)10(9)2)13(17)8-14-15-6-7-16-14/h4-5H,6-8H2,1-3H3,(H,15,16). The molecule has 0 saturated heterocycles. The van der Waals surface area contributed by atoms with Gasteiger partial charge >= 0.3 is 0 Å². The summed E-state index contributed by atoms with van der Waals surface area (Å²) in [4.78, 5) is 16.4. The van der Waals surface area contributed by atoms with E-state index in [2.05, 4.69) is 24.2 Å². The second kappa shape index (κ2) is 4.70. The highest BCUT2D eigenvalue weighted by Crippen LogP contribution is 2.18. The van der Waals surface area contributed by atoms with Gasteiger partial charge in [-0.05, 0) is 37.5 Å². The van der Waals surface area contributed by atoms with Crippen LogP contribution in [0.5, 0.6) is 0 Å². The van der Waals surface area contributed by atoms with Crippen LogP contribution in [0.1, 0.15) is 33.5 Å². The molecule has 0 fully saturated rings. The predicted octanol–water partition coefficient (Wildman–Crippen LogP) is 2.19. The molecule has 1 aromatic rings. The Balaban J connectivity index is 2.22. The maximum absolute atomic E-state index is 12.2. The number of carbonyl (C=O) groups is 1. The van der Waals surface area contributed by atoms with Crippen molar-refractivity contribution in [1.82, 2.24) is 5.32 Å². The van der Waals surface area contributed by atoms with Crippen LogP contribution in [0.4, 0.5) is 0 Å². The van der Waals surface area contributed by atoms with Crippen LogP contribution >= 0.6 is 0 Å². The Kier molecular flexibility index (Phi) is 3.27. The van der Waals surface area contributed by atoms with E-state index in [1.807, 2.05) is 19.1 Å². The number of rotatable bonds is 3. The molecule has 0 unspecified atom stereocenters. The zero-order valence-corrected chi connectivity index (χ0v) is 10.6. The van der Waals surface area contributed by atoms with Gasteiger partial charge in [-0.3, -0.25) is 9.79 Å². The quantitative estimate of drug-likeness (QED) is 0.809. The number of nitrogens with one attached hydrogen (secondary N) is 1. The molecule has 1 N–H and O–H groups in total. The van der Waals surface area contributed by atoms with E-state index >= 15 is 0 Å². The molecule has 1 aromatic carbocycles. The van der Waals surface area contributed by atoms with E-state index in [1.54, 1.807) is 0 Å². The molecule has 17 heavy (non-hydrogen) atoms. The van der Waals surface area contributed by atoms with Crippen molar-refractivity contribution in [2.75, 3.05) is 13.1 Å². The van der Waals surface area contributed by atoms with Gasteiger partial charge < -0.3 is 5.32 Å². The monoisotopic (exact) mass is 230 g/mol. The highest BCUT2D eigenvalue weighted by Gasteiger charge is 2.15. The fourth-order valence-corrected chi connectivity index (χ4v) is 2.07. The average Bonchev–Trinajstić information content (AvgIpc) is 2.78. The van der Waals surface area contributed by atoms with Crippen molar-refractivity contribution < 1.29 is 4.79 Å². The summed E-state index contributed by atoms with van der Waals surface area (Å²) in [6.45, 7) is 7.79. The average molecular weight is 230 g/mol. The molecule has 1 aliphatic heterocycles. The topological polar surface area (TPSA) is 41.5 Å². The number of ketones is 1. The predicted molar refractivity (Wildman–Crippen MR) is 69.9 cm³/mol. The van der Waals surface area contributed by atoms with Gasteiger partial charge in [-0.2, -0.15) is 0 Å². The largest absolute Gasteiger partial charge is 0.372 e. The molecule has 3 heteroatoms. The minimum atomic E-state index is 0.152. The van der Waals surface area contributed by atoms with E-state index in [4.69, 9.17) is 0 Å². The Bertz CT molecular complexity index is 489. The smallest absolute Gasteiger partial charge is 0.170 e. The lowest BCUT2D eigenvalue weighted by Gasteiger charge is -2.10. The number of amidine groups is 1. The molecule has 0 atom stereocenters. The first-order valence-electron chi connectivity index (χ1n) is 5.97. The number of aryl methyl sites for hydroxylation is 1. The molecule has 90 valence electrons. The minimum Gasteiger partial charge on any atom is -0.372 e. The molecule has 3 nitrogen and oxygen atoms in total. The molecule has 1 aliphatic rings. The second-order valence-corrected chi connectivity index (χ2v) is 4.54. The van der Waals surface area contributed by atoms with Crippen molar-refractivity contribution in [2.24, 2.45) is 4.99 Å². The lowest BCUT2D eigenvalue weighted by molar-refractivity contribution is 0.0999. The maximum atomic E-state index is 12.2. The van der Waals surface area contributed by atoms with Crippen molar-refractivity contribution >= 4 is 11.6 Å². The molecule has 1 heterocycles. The molecule has 0 aromatic heterocycles. The summed E-state index contributed by atoms with van der Waals surface area (Å²) in [5.41, 5.74) is 4.35. The number of Topliss-reactive ketones (excluding diaryl/α,β-unsaturated/α-hetero) is 1. The molecule has 2 rings (SSSR count). The first-order valence-corrected chi connectivity index (χ1v) is 5.97. The molecule has 0 bridgehead atoms. The minimum absolute atomic E-state index is 0.152. The van der Waals surface area contributed by atoms with Crippen LogP contribution in [0.15, 0.2) is 17.1 Å². The Morgan fingerprint density at radius 2 is 2.06 bits per heavy atom. The van der Waals surface area contributed by atoms with Gasteiger partial charge in [0, 0.05) is 12.1 Å². The summed E-state index contributed by atoms with van der Waals surface area (Å²) in [5, 5.41) is 3.13. The van der Waals surface area contributed by atoms with Gasteiger partial charge in [0.05, 0.1) is 13.0 Å². The summed E-state index contributed by atoms with van der Waals surface area (Å²) in [6, 6.07) is 3.94. The number of hydrogen-bond donors (Lipinski definition) is 1. The maximum Gasteiger partial charge on any atom is 0.170 e. The zero-order valence-electron chi connectivity index (χ0n) is 10.6. The Labute approximate surface area is 102 Å². The summed E-state index contributed by atoms with van der Waals surface area (Å²) in [6.07, 6.45) is 0.392. The van der Waals surface area contributed by atoms with Crippen LogP contribution in [-0.2, 0) is 0 Å². The number of hydrogen-bond acceptors (Lipinski definition) is 3. The SMILES string of the molecule is Cc1ccc(C(=O)CC2=NCCN2)c(C)c1C. The molecular formula is C14H18N2O. The van der Waals surface area contributed by atoms with Crippen LogP contribution in [-0.4, -0.2) is 24.7 Å². The van der Waals surface area contributed by atoms with Crippen molar-refractivity contribution in [3.63, 3.8) is 0 Å². The third kappa shape index (κ3) is 2.38. The highest BCUT2D eigenvalue weighted by molar-refractivity contribution is 6.10. The van der Waals surface area contributed by atoms with Crippen LogP contribution < -0.4 is 5.32 Å². The van der Waals surface area contributed by atoms with E-state index in [0.717, 1.165) is 30.1 Å². The van der Waals surface area contributed by atoms with Gasteiger partial charge in [-0.25, -0.2) is 0 Å². The second-order valence-electron chi connectivity index (χ2n) is 4.54. The summed E-state index contributed by atoms with van der Waals surface area (Å²) in [5.74, 6) is 0.978. The van der Waals surface area contributed by atoms with Crippen molar-refractivity contribution in [1.29, 1.82) is 0 Å². The van der Waals surface area contributed by atoms with Gasteiger partial charge in [0.15, 0.2) is 5.78 Å². The Morgan fingerprint density at radius 1 is 1.29 bits per heavy atom. The van der Waals surface area contributed by atoms with Gasteiger partial charge in [0.25, 0.3) is 0 Å². The normalized spacial score (nSPS) is 14.4.